The molecule has 1 N–H and O–H groups in total. The van der Waals surface area contributed by atoms with Crippen LogP contribution in [0.1, 0.15) is 36.6 Å². The lowest BCUT2D eigenvalue weighted by molar-refractivity contribution is 0.277. The highest BCUT2D eigenvalue weighted by molar-refractivity contribution is 7.99. The molecular weight excluding hydrogens is 268 g/mol. The van der Waals surface area contributed by atoms with Crippen molar-refractivity contribution < 1.29 is 5.11 Å². The van der Waals surface area contributed by atoms with E-state index in [9.17, 15) is 5.11 Å². The molecule has 1 aromatic heterocycles. The van der Waals surface area contributed by atoms with Crippen LogP contribution < -0.4 is 0 Å². The third-order valence-corrected chi connectivity index (χ3v) is 4.23. The molecule has 2 rings (SSSR count). The topological polar surface area (TPSA) is 38.1 Å². The Bertz CT molecular complexity index is 534. The lowest BCUT2D eigenvalue weighted by atomic mass is 10.1. The second-order valence-corrected chi connectivity index (χ2v) is 6.05. The molecule has 0 bridgehead atoms. The molecule has 0 radical (unpaired) electrons. The summed E-state index contributed by atoms with van der Waals surface area (Å²) in [6, 6.07) is 8.55. The first kappa shape index (κ1) is 15.1. The number of aliphatic hydroxyl groups is 1. The predicted molar refractivity (Wildman–Crippen MR) is 84.1 cm³/mol. The summed E-state index contributed by atoms with van der Waals surface area (Å²) in [7, 11) is 0. The first-order valence-corrected chi connectivity index (χ1v) is 8.06. The van der Waals surface area contributed by atoms with Crippen molar-refractivity contribution in [2.75, 3.05) is 5.75 Å². The molecule has 1 heterocycles. The zero-order valence-corrected chi connectivity index (χ0v) is 13.0. The van der Waals surface area contributed by atoms with E-state index in [1.807, 2.05) is 6.20 Å². The first-order chi connectivity index (χ1) is 9.72. The molecule has 1 aromatic carbocycles. The Hall–Kier alpha value is -1.26. The molecule has 0 aliphatic heterocycles. The Labute approximate surface area is 125 Å². The molecule has 0 saturated carbocycles. The van der Waals surface area contributed by atoms with E-state index in [1.54, 1.807) is 11.8 Å². The maximum absolute atomic E-state index is 9.26. The zero-order valence-electron chi connectivity index (χ0n) is 12.2. The molecule has 20 heavy (non-hydrogen) atoms. The zero-order chi connectivity index (χ0) is 14.4. The lowest BCUT2D eigenvalue weighted by Crippen LogP contribution is -2.00. The van der Waals surface area contributed by atoms with Gasteiger partial charge in [0.2, 0.25) is 0 Å². The van der Waals surface area contributed by atoms with Gasteiger partial charge in [0.05, 0.1) is 12.3 Å². The number of unbranched alkanes of at least 4 members (excludes halogenated alkanes) is 1. The van der Waals surface area contributed by atoms with Crippen molar-refractivity contribution in [2.45, 2.75) is 45.0 Å². The van der Waals surface area contributed by atoms with Gasteiger partial charge in [0, 0.05) is 18.5 Å². The highest BCUT2D eigenvalue weighted by Crippen LogP contribution is 2.20. The number of aliphatic hydroxyl groups excluding tert-OH is 1. The van der Waals surface area contributed by atoms with Crippen LogP contribution in [0.4, 0.5) is 0 Å². The van der Waals surface area contributed by atoms with Gasteiger partial charge >= 0.3 is 0 Å². The monoisotopic (exact) mass is 290 g/mol. The van der Waals surface area contributed by atoms with Crippen molar-refractivity contribution in [3.05, 3.63) is 47.3 Å². The summed E-state index contributed by atoms with van der Waals surface area (Å²) in [6.07, 6.45) is 4.34. The SMILES string of the molecule is CCCCSc1nc(CO)cn1Cc1ccc(C)cc1. The third-order valence-electron chi connectivity index (χ3n) is 3.15. The number of imidazole rings is 1. The molecule has 0 aliphatic rings. The number of aryl methyl sites for hydroxylation is 1. The van der Waals surface area contributed by atoms with Crippen molar-refractivity contribution in [1.82, 2.24) is 9.55 Å². The van der Waals surface area contributed by atoms with E-state index in [0.717, 1.165) is 23.1 Å². The van der Waals surface area contributed by atoms with Crippen LogP contribution in [0.25, 0.3) is 0 Å². The van der Waals surface area contributed by atoms with Gasteiger partial charge in [-0.05, 0) is 18.9 Å². The molecule has 108 valence electrons. The van der Waals surface area contributed by atoms with E-state index in [0.29, 0.717) is 0 Å². The minimum Gasteiger partial charge on any atom is -0.390 e. The maximum Gasteiger partial charge on any atom is 0.168 e. The Morgan fingerprint density at radius 1 is 1.25 bits per heavy atom. The first-order valence-electron chi connectivity index (χ1n) is 7.08. The number of benzene rings is 1. The summed E-state index contributed by atoms with van der Waals surface area (Å²) in [6.45, 7) is 5.10. The molecule has 2 aromatic rings. The molecule has 0 saturated heterocycles. The molecule has 0 unspecified atom stereocenters. The van der Waals surface area contributed by atoms with E-state index < -0.39 is 0 Å². The Kier molecular flexibility index (Phi) is 5.68. The third kappa shape index (κ3) is 4.12. The van der Waals surface area contributed by atoms with Crippen LogP contribution in [0.3, 0.4) is 0 Å². The van der Waals surface area contributed by atoms with Gasteiger partial charge in [-0.1, -0.05) is 54.9 Å². The van der Waals surface area contributed by atoms with Crippen molar-refractivity contribution in [3.8, 4) is 0 Å². The minimum absolute atomic E-state index is 0.00222. The van der Waals surface area contributed by atoms with Crippen LogP contribution in [0.5, 0.6) is 0 Å². The summed E-state index contributed by atoms with van der Waals surface area (Å²) in [4.78, 5) is 4.49. The number of nitrogens with zero attached hydrogens (tertiary/aromatic N) is 2. The van der Waals surface area contributed by atoms with E-state index in [2.05, 4.69) is 47.7 Å². The van der Waals surface area contributed by atoms with Gasteiger partial charge in [-0.2, -0.15) is 0 Å². The lowest BCUT2D eigenvalue weighted by Gasteiger charge is -2.07. The molecule has 0 spiro atoms. The van der Waals surface area contributed by atoms with Crippen LogP contribution in [0.15, 0.2) is 35.6 Å². The van der Waals surface area contributed by atoms with Crippen molar-refractivity contribution in [3.63, 3.8) is 0 Å². The van der Waals surface area contributed by atoms with Crippen LogP contribution >= 0.6 is 11.8 Å². The highest BCUT2D eigenvalue weighted by Gasteiger charge is 2.08. The van der Waals surface area contributed by atoms with E-state index in [1.165, 1.54) is 24.0 Å². The smallest absolute Gasteiger partial charge is 0.168 e. The van der Waals surface area contributed by atoms with Crippen molar-refractivity contribution in [2.24, 2.45) is 0 Å². The van der Waals surface area contributed by atoms with Gasteiger partial charge in [0.25, 0.3) is 0 Å². The van der Waals surface area contributed by atoms with Crippen molar-refractivity contribution >= 4 is 11.8 Å². The maximum atomic E-state index is 9.26. The van der Waals surface area contributed by atoms with Gasteiger partial charge in [-0.25, -0.2) is 4.98 Å². The summed E-state index contributed by atoms with van der Waals surface area (Å²) in [5, 5.41) is 10.3. The molecule has 0 fully saturated rings. The summed E-state index contributed by atoms with van der Waals surface area (Å²) in [5.41, 5.74) is 3.28. The van der Waals surface area contributed by atoms with E-state index in [4.69, 9.17) is 0 Å². The number of hydrogen-bond donors (Lipinski definition) is 1. The van der Waals surface area contributed by atoms with Gasteiger partial charge in [-0.3, -0.25) is 0 Å². The number of hydrogen-bond acceptors (Lipinski definition) is 3. The fourth-order valence-electron chi connectivity index (χ4n) is 1.95. The second-order valence-electron chi connectivity index (χ2n) is 4.99. The largest absolute Gasteiger partial charge is 0.390 e. The summed E-state index contributed by atoms with van der Waals surface area (Å²) in [5.74, 6) is 1.08. The van der Waals surface area contributed by atoms with Gasteiger partial charge in [0.1, 0.15) is 0 Å². The van der Waals surface area contributed by atoms with E-state index >= 15 is 0 Å². The minimum atomic E-state index is 0.00222. The number of thioether (sulfide) groups is 1. The quantitative estimate of drug-likeness (QED) is 0.625. The van der Waals surface area contributed by atoms with Crippen LogP contribution in [0.2, 0.25) is 0 Å². The molecule has 0 aliphatic carbocycles. The van der Waals surface area contributed by atoms with Gasteiger partial charge in [-0.15, -0.1) is 0 Å². The normalized spacial score (nSPS) is 10.9. The molecule has 0 atom stereocenters. The fraction of sp³-hybridized carbons (Fsp3) is 0.438. The standard InChI is InChI=1S/C16H22N2OS/c1-3-4-9-20-16-17-15(12-19)11-18(16)10-14-7-5-13(2)6-8-14/h5-8,11,19H,3-4,9-10,12H2,1-2H3. The highest BCUT2D eigenvalue weighted by atomic mass is 32.2. The average molecular weight is 290 g/mol. The molecular formula is C16H22N2OS. The molecule has 4 heteroatoms. The Morgan fingerprint density at radius 2 is 2.00 bits per heavy atom. The Balaban J connectivity index is 2.12. The van der Waals surface area contributed by atoms with Crippen LogP contribution in [-0.4, -0.2) is 20.4 Å². The van der Waals surface area contributed by atoms with E-state index in [-0.39, 0.29) is 6.61 Å². The number of aromatic nitrogens is 2. The number of rotatable bonds is 7. The van der Waals surface area contributed by atoms with Gasteiger partial charge < -0.3 is 9.67 Å². The molecule has 0 amide bonds. The van der Waals surface area contributed by atoms with Gasteiger partial charge in [0.15, 0.2) is 5.16 Å². The van der Waals surface area contributed by atoms with Crippen LogP contribution in [-0.2, 0) is 13.2 Å². The average Bonchev–Trinajstić information content (AvgIpc) is 2.84. The van der Waals surface area contributed by atoms with Crippen molar-refractivity contribution in [1.29, 1.82) is 0 Å². The Morgan fingerprint density at radius 3 is 2.65 bits per heavy atom. The second kappa shape index (κ2) is 7.50. The summed E-state index contributed by atoms with van der Waals surface area (Å²) < 4.78 is 2.14. The van der Waals surface area contributed by atoms with Crippen LogP contribution in [0, 0.1) is 6.92 Å². The predicted octanol–water partition coefficient (Wildman–Crippen LogP) is 3.62. The fourth-order valence-corrected chi connectivity index (χ4v) is 3.03. The summed E-state index contributed by atoms with van der Waals surface area (Å²) >= 11 is 1.77. The molecule has 3 nitrogen and oxygen atoms in total.